The molecule has 0 unspecified atom stereocenters. The first-order valence-corrected chi connectivity index (χ1v) is 8.65. The molecule has 0 aliphatic heterocycles. The van der Waals surface area contributed by atoms with Gasteiger partial charge in [0.1, 0.15) is 6.29 Å². The van der Waals surface area contributed by atoms with E-state index < -0.39 is 5.91 Å². The second kappa shape index (κ2) is 20.2. The van der Waals surface area contributed by atoms with Crippen LogP contribution in [0.3, 0.4) is 0 Å². The molecule has 0 fully saturated rings. The van der Waals surface area contributed by atoms with Crippen LogP contribution in [0.15, 0.2) is 0 Å². The summed E-state index contributed by atoms with van der Waals surface area (Å²) in [5, 5.41) is 7.21. The summed E-state index contributed by atoms with van der Waals surface area (Å²) in [5.74, 6) is -0.733. The van der Waals surface area contributed by atoms with E-state index >= 15 is 0 Å². The van der Waals surface area contributed by atoms with Gasteiger partial charge in [-0.25, -0.2) is 0 Å². The van der Waals surface area contributed by atoms with Crippen molar-refractivity contribution in [1.29, 1.82) is 0 Å². The molecule has 3 N–H and O–H groups in total. The summed E-state index contributed by atoms with van der Waals surface area (Å²) < 4.78 is 21.0. The van der Waals surface area contributed by atoms with E-state index in [2.05, 4.69) is 16.0 Å². The molecule has 0 aromatic carbocycles. The number of hydrogen-bond acceptors (Lipinski definition) is 8. The fourth-order valence-electron chi connectivity index (χ4n) is 1.60. The van der Waals surface area contributed by atoms with Crippen LogP contribution < -0.4 is 16.0 Å². The molecular weight excluding hydrogens is 362 g/mol. The largest absolute Gasteiger partial charge is 0.379 e. The van der Waals surface area contributed by atoms with Crippen LogP contribution in [0, 0.1) is 0 Å². The van der Waals surface area contributed by atoms with Gasteiger partial charge in [-0.05, 0) is 0 Å². The van der Waals surface area contributed by atoms with Gasteiger partial charge in [0, 0.05) is 13.0 Å². The Kier molecular flexibility index (Phi) is 18.7. The molecule has 0 saturated carbocycles. The third-order valence-electron chi connectivity index (χ3n) is 2.89. The first-order valence-electron chi connectivity index (χ1n) is 8.65. The van der Waals surface area contributed by atoms with Crippen LogP contribution in [0.2, 0.25) is 0 Å². The summed E-state index contributed by atoms with van der Waals surface area (Å²) in [6.45, 7) is 3.38. The van der Waals surface area contributed by atoms with Gasteiger partial charge in [0.2, 0.25) is 18.2 Å². The smallest absolute Gasteiger partial charge is 0.239 e. The topological polar surface area (TPSA) is 141 Å². The summed E-state index contributed by atoms with van der Waals surface area (Å²) >= 11 is 0. The molecule has 0 aliphatic carbocycles. The fourth-order valence-corrected chi connectivity index (χ4v) is 1.60. The first kappa shape index (κ1) is 24.9. The lowest BCUT2D eigenvalue weighted by Crippen LogP contribution is -2.37. The van der Waals surface area contributed by atoms with E-state index in [4.69, 9.17) is 18.9 Å². The lowest BCUT2D eigenvalue weighted by Gasteiger charge is -2.08. The molecule has 0 rings (SSSR count). The lowest BCUT2D eigenvalue weighted by molar-refractivity contribution is -0.127. The summed E-state index contributed by atoms with van der Waals surface area (Å²) in [6, 6.07) is 0. The standard InChI is InChI=1S/C16H29N3O8/c20-4-2-18-16(23)13-19-15(22)1-5-24-7-9-26-11-12-27-10-8-25-6-3-17-14-21/h4,14H,1-3,5-13H2,(H,17,21)(H,18,23)(H,19,22). The average molecular weight is 391 g/mol. The van der Waals surface area contributed by atoms with Gasteiger partial charge >= 0.3 is 0 Å². The monoisotopic (exact) mass is 391 g/mol. The van der Waals surface area contributed by atoms with E-state index in [1.165, 1.54) is 0 Å². The van der Waals surface area contributed by atoms with Gasteiger partial charge in [0.05, 0.1) is 65.9 Å². The zero-order valence-electron chi connectivity index (χ0n) is 15.4. The summed E-state index contributed by atoms with van der Waals surface area (Å²) in [6.07, 6.45) is 1.32. The first-order chi connectivity index (χ1) is 13.2. The molecule has 11 heteroatoms. The quantitative estimate of drug-likeness (QED) is 0.154. The molecular formula is C16H29N3O8. The minimum Gasteiger partial charge on any atom is -0.379 e. The SMILES string of the molecule is O=CCNC(=O)CNC(=O)CCOCCOCCOCCOCCNC=O. The Bertz CT molecular complexity index is 409. The third kappa shape index (κ3) is 20.1. The van der Waals surface area contributed by atoms with E-state index in [9.17, 15) is 19.2 Å². The molecule has 0 aromatic heterocycles. The highest BCUT2D eigenvalue weighted by molar-refractivity contribution is 5.85. The number of nitrogens with one attached hydrogen (secondary N) is 3. The van der Waals surface area contributed by atoms with Gasteiger partial charge in [0.15, 0.2) is 0 Å². The number of carbonyl (C=O) groups is 4. The molecule has 3 amide bonds. The van der Waals surface area contributed by atoms with Crippen molar-refractivity contribution in [3.8, 4) is 0 Å². The van der Waals surface area contributed by atoms with Crippen molar-refractivity contribution in [1.82, 2.24) is 16.0 Å². The fraction of sp³-hybridized carbons (Fsp3) is 0.750. The van der Waals surface area contributed by atoms with E-state index in [-0.39, 0.29) is 32.0 Å². The van der Waals surface area contributed by atoms with Gasteiger partial charge in [-0.1, -0.05) is 0 Å². The maximum atomic E-state index is 11.4. The van der Waals surface area contributed by atoms with Gasteiger partial charge < -0.3 is 39.7 Å². The van der Waals surface area contributed by atoms with E-state index in [0.29, 0.717) is 65.5 Å². The van der Waals surface area contributed by atoms with E-state index in [1.807, 2.05) is 0 Å². The molecule has 0 atom stereocenters. The van der Waals surface area contributed by atoms with Crippen LogP contribution in [-0.2, 0) is 38.1 Å². The summed E-state index contributed by atoms with van der Waals surface area (Å²) in [5.41, 5.74) is 0. The number of carbonyl (C=O) groups excluding carboxylic acids is 4. The molecule has 0 bridgehead atoms. The number of rotatable bonds is 20. The Balaban J connectivity index is 3.21. The van der Waals surface area contributed by atoms with Crippen molar-refractivity contribution < 1.29 is 38.1 Å². The van der Waals surface area contributed by atoms with Crippen LogP contribution in [0.1, 0.15) is 6.42 Å². The second-order valence-electron chi connectivity index (χ2n) is 5.02. The van der Waals surface area contributed by atoms with Crippen LogP contribution in [0.5, 0.6) is 0 Å². The Hall–Kier alpha value is -2.08. The molecule has 0 radical (unpaired) electrons. The van der Waals surface area contributed by atoms with Crippen molar-refractivity contribution >= 4 is 24.5 Å². The van der Waals surface area contributed by atoms with Crippen molar-refractivity contribution in [3.63, 3.8) is 0 Å². The van der Waals surface area contributed by atoms with Gasteiger partial charge in [-0.2, -0.15) is 0 Å². The van der Waals surface area contributed by atoms with Crippen molar-refractivity contribution in [2.24, 2.45) is 0 Å². The third-order valence-corrected chi connectivity index (χ3v) is 2.89. The van der Waals surface area contributed by atoms with Crippen LogP contribution >= 0.6 is 0 Å². The zero-order valence-corrected chi connectivity index (χ0v) is 15.4. The van der Waals surface area contributed by atoms with Crippen molar-refractivity contribution in [3.05, 3.63) is 0 Å². The Labute approximate surface area is 158 Å². The summed E-state index contributed by atoms with van der Waals surface area (Å²) in [4.78, 5) is 42.6. The maximum Gasteiger partial charge on any atom is 0.239 e. The zero-order chi connectivity index (χ0) is 20.0. The molecule has 11 nitrogen and oxygen atoms in total. The number of ether oxygens (including phenoxy) is 4. The highest BCUT2D eigenvalue weighted by Gasteiger charge is 2.04. The Morgan fingerprint density at radius 1 is 0.704 bits per heavy atom. The van der Waals surface area contributed by atoms with Gasteiger partial charge in [-0.15, -0.1) is 0 Å². The predicted molar refractivity (Wildman–Crippen MR) is 94.0 cm³/mol. The minimum atomic E-state index is -0.423. The molecule has 0 saturated heterocycles. The molecule has 0 aromatic rings. The van der Waals surface area contributed by atoms with E-state index in [1.54, 1.807) is 0 Å². The normalized spacial score (nSPS) is 10.2. The highest BCUT2D eigenvalue weighted by Crippen LogP contribution is 1.86. The molecule has 156 valence electrons. The second-order valence-corrected chi connectivity index (χ2v) is 5.02. The number of amides is 3. The van der Waals surface area contributed by atoms with Crippen LogP contribution in [0.4, 0.5) is 0 Å². The van der Waals surface area contributed by atoms with Gasteiger partial charge in [-0.3, -0.25) is 14.4 Å². The maximum absolute atomic E-state index is 11.4. The number of aldehydes is 1. The lowest BCUT2D eigenvalue weighted by atomic mass is 10.4. The highest BCUT2D eigenvalue weighted by atomic mass is 16.6. The minimum absolute atomic E-state index is 0.0726. The molecule has 0 spiro atoms. The average Bonchev–Trinajstić information content (AvgIpc) is 2.67. The molecule has 0 heterocycles. The van der Waals surface area contributed by atoms with Crippen molar-refractivity contribution in [2.45, 2.75) is 6.42 Å². The molecule has 27 heavy (non-hydrogen) atoms. The van der Waals surface area contributed by atoms with Crippen LogP contribution in [0.25, 0.3) is 0 Å². The van der Waals surface area contributed by atoms with Crippen LogP contribution in [-0.4, -0.2) is 97.0 Å². The number of hydrogen-bond donors (Lipinski definition) is 3. The van der Waals surface area contributed by atoms with E-state index in [0.717, 1.165) is 0 Å². The Morgan fingerprint density at radius 2 is 1.26 bits per heavy atom. The molecule has 0 aliphatic rings. The van der Waals surface area contributed by atoms with Gasteiger partial charge in [0.25, 0.3) is 0 Å². The predicted octanol–water partition coefficient (Wildman–Crippen LogP) is -2.38. The summed E-state index contributed by atoms with van der Waals surface area (Å²) in [7, 11) is 0. The van der Waals surface area contributed by atoms with Crippen molar-refractivity contribution in [2.75, 3.05) is 72.5 Å². The Morgan fingerprint density at radius 3 is 1.81 bits per heavy atom.